The number of hydrogen-bond acceptors (Lipinski definition) is 4. The molecule has 0 amide bonds. The van der Waals surface area contributed by atoms with Crippen LogP contribution in [0.3, 0.4) is 0 Å². The van der Waals surface area contributed by atoms with Crippen molar-refractivity contribution in [2.45, 2.75) is 25.3 Å². The maximum Gasteiger partial charge on any atom is 0.213 e. The topological polar surface area (TPSA) is 53.5 Å². The Kier molecular flexibility index (Phi) is 5.12. The second-order valence-electron chi connectivity index (χ2n) is 5.40. The Bertz CT molecular complexity index is 516. The van der Waals surface area contributed by atoms with E-state index in [-0.39, 0.29) is 5.75 Å². The number of likely N-dealkylation sites (tertiary alicyclic amines) is 1. The van der Waals surface area contributed by atoms with Crippen molar-refractivity contribution in [2.24, 2.45) is 0 Å². The average molecular weight is 297 g/mol. The van der Waals surface area contributed by atoms with Crippen LogP contribution in [0.5, 0.6) is 0 Å². The Labute approximate surface area is 121 Å². The van der Waals surface area contributed by atoms with E-state index < -0.39 is 10.0 Å². The summed E-state index contributed by atoms with van der Waals surface area (Å²) < 4.78 is 24.8. The van der Waals surface area contributed by atoms with E-state index in [9.17, 15) is 8.42 Å². The molecule has 0 aromatic carbocycles. The van der Waals surface area contributed by atoms with Crippen molar-refractivity contribution in [3.05, 3.63) is 30.1 Å². The van der Waals surface area contributed by atoms with Crippen LogP contribution in [0.1, 0.15) is 31.0 Å². The lowest BCUT2D eigenvalue weighted by atomic mass is 10.1. The highest BCUT2D eigenvalue weighted by Crippen LogP contribution is 2.30. The monoisotopic (exact) mass is 297 g/mol. The van der Waals surface area contributed by atoms with Crippen molar-refractivity contribution < 1.29 is 8.42 Å². The van der Waals surface area contributed by atoms with Crippen LogP contribution in [0.4, 0.5) is 0 Å². The number of pyridine rings is 1. The van der Waals surface area contributed by atoms with Crippen LogP contribution in [0.25, 0.3) is 0 Å². The molecule has 0 spiro atoms. The summed E-state index contributed by atoms with van der Waals surface area (Å²) in [5.41, 5.74) is 1.10. The van der Waals surface area contributed by atoms with Crippen molar-refractivity contribution in [1.29, 1.82) is 0 Å². The van der Waals surface area contributed by atoms with E-state index in [0.717, 1.165) is 31.6 Å². The van der Waals surface area contributed by atoms with Gasteiger partial charge in [0.25, 0.3) is 0 Å². The summed E-state index contributed by atoms with van der Waals surface area (Å²) in [5, 5.41) is 0. The molecular weight excluding hydrogens is 274 g/mol. The summed E-state index contributed by atoms with van der Waals surface area (Å²) in [6, 6.07) is 6.33. The highest BCUT2D eigenvalue weighted by molar-refractivity contribution is 7.89. The first-order valence-electron chi connectivity index (χ1n) is 7.06. The highest BCUT2D eigenvalue weighted by atomic mass is 32.2. The Morgan fingerprint density at radius 3 is 2.85 bits per heavy atom. The van der Waals surface area contributed by atoms with Crippen molar-refractivity contribution in [2.75, 3.05) is 32.9 Å². The molecule has 0 N–H and O–H groups in total. The molecule has 6 heteroatoms. The quantitative estimate of drug-likeness (QED) is 0.798. The molecule has 1 unspecified atom stereocenters. The van der Waals surface area contributed by atoms with Gasteiger partial charge < -0.3 is 0 Å². The van der Waals surface area contributed by atoms with E-state index in [1.54, 1.807) is 14.1 Å². The molecule has 1 fully saturated rings. The van der Waals surface area contributed by atoms with Crippen LogP contribution < -0.4 is 0 Å². The number of nitrogens with zero attached hydrogens (tertiary/aromatic N) is 3. The zero-order chi connectivity index (χ0) is 14.6. The van der Waals surface area contributed by atoms with Crippen LogP contribution in [0, 0.1) is 0 Å². The van der Waals surface area contributed by atoms with Crippen LogP contribution in [-0.4, -0.2) is 55.5 Å². The lowest BCUT2D eigenvalue weighted by Gasteiger charge is -2.24. The number of sulfonamides is 1. The SMILES string of the molecule is CN(C)S(=O)(=O)CCCN1CCCC1c1ccccn1. The Morgan fingerprint density at radius 2 is 2.20 bits per heavy atom. The van der Waals surface area contributed by atoms with E-state index in [0.29, 0.717) is 12.5 Å². The third kappa shape index (κ3) is 3.77. The third-order valence-corrected chi connectivity index (χ3v) is 5.71. The van der Waals surface area contributed by atoms with Gasteiger partial charge in [0.2, 0.25) is 10.0 Å². The van der Waals surface area contributed by atoms with Crippen LogP contribution in [-0.2, 0) is 10.0 Å². The molecule has 1 aromatic rings. The predicted octanol–water partition coefficient (Wildman–Crippen LogP) is 1.50. The molecule has 1 aliphatic rings. The minimum atomic E-state index is -3.08. The molecule has 0 bridgehead atoms. The van der Waals surface area contributed by atoms with Gasteiger partial charge in [-0.3, -0.25) is 9.88 Å². The second kappa shape index (κ2) is 6.65. The molecule has 20 heavy (non-hydrogen) atoms. The normalized spacial score (nSPS) is 20.6. The fourth-order valence-electron chi connectivity index (χ4n) is 2.63. The fourth-order valence-corrected chi connectivity index (χ4v) is 3.49. The zero-order valence-electron chi connectivity index (χ0n) is 12.2. The van der Waals surface area contributed by atoms with Crippen molar-refractivity contribution in [1.82, 2.24) is 14.2 Å². The largest absolute Gasteiger partial charge is 0.295 e. The Balaban J connectivity index is 1.90. The summed E-state index contributed by atoms with van der Waals surface area (Å²) in [6.07, 6.45) is 4.76. The summed E-state index contributed by atoms with van der Waals surface area (Å²) in [4.78, 5) is 6.78. The molecule has 0 aliphatic carbocycles. The van der Waals surface area contributed by atoms with Gasteiger partial charge in [-0.15, -0.1) is 0 Å². The minimum Gasteiger partial charge on any atom is -0.295 e. The van der Waals surface area contributed by atoms with Gasteiger partial charge in [0.05, 0.1) is 17.5 Å². The molecule has 2 heterocycles. The van der Waals surface area contributed by atoms with E-state index in [1.165, 1.54) is 4.31 Å². The van der Waals surface area contributed by atoms with Gasteiger partial charge in [0.15, 0.2) is 0 Å². The molecule has 1 saturated heterocycles. The minimum absolute atomic E-state index is 0.214. The van der Waals surface area contributed by atoms with Crippen molar-refractivity contribution >= 4 is 10.0 Å². The summed E-state index contributed by atoms with van der Waals surface area (Å²) in [7, 11) is 0.0894. The first kappa shape index (κ1) is 15.4. The highest BCUT2D eigenvalue weighted by Gasteiger charge is 2.26. The van der Waals surface area contributed by atoms with E-state index >= 15 is 0 Å². The first-order valence-corrected chi connectivity index (χ1v) is 8.67. The van der Waals surface area contributed by atoms with Gasteiger partial charge in [-0.1, -0.05) is 6.07 Å². The molecule has 5 nitrogen and oxygen atoms in total. The molecule has 0 saturated carbocycles. The van der Waals surface area contributed by atoms with Gasteiger partial charge in [-0.05, 0) is 44.5 Å². The number of hydrogen-bond donors (Lipinski definition) is 0. The van der Waals surface area contributed by atoms with Gasteiger partial charge in [0.1, 0.15) is 0 Å². The number of aromatic nitrogens is 1. The molecule has 1 aliphatic heterocycles. The van der Waals surface area contributed by atoms with Gasteiger partial charge in [-0.2, -0.15) is 0 Å². The molecule has 1 aromatic heterocycles. The first-order chi connectivity index (χ1) is 9.50. The number of rotatable bonds is 6. The standard InChI is InChI=1S/C14H23N3O2S/c1-16(2)20(18,19)12-6-11-17-10-5-8-14(17)13-7-3-4-9-15-13/h3-4,7,9,14H,5-6,8,10-12H2,1-2H3. The molecule has 2 rings (SSSR count). The molecular formula is C14H23N3O2S. The van der Waals surface area contributed by atoms with Gasteiger partial charge in [-0.25, -0.2) is 12.7 Å². The van der Waals surface area contributed by atoms with Gasteiger partial charge in [0, 0.05) is 20.3 Å². The summed E-state index contributed by atoms with van der Waals surface area (Å²) in [6.45, 7) is 1.84. The maximum atomic E-state index is 11.8. The van der Waals surface area contributed by atoms with Crippen molar-refractivity contribution in [3.8, 4) is 0 Å². The van der Waals surface area contributed by atoms with E-state index in [1.807, 2.05) is 18.3 Å². The van der Waals surface area contributed by atoms with Crippen molar-refractivity contribution in [3.63, 3.8) is 0 Å². The summed E-state index contributed by atoms with van der Waals surface area (Å²) in [5.74, 6) is 0.214. The smallest absolute Gasteiger partial charge is 0.213 e. The molecule has 1 atom stereocenters. The molecule has 112 valence electrons. The zero-order valence-corrected chi connectivity index (χ0v) is 13.0. The van der Waals surface area contributed by atoms with E-state index in [4.69, 9.17) is 0 Å². The maximum absolute atomic E-state index is 11.8. The third-order valence-electron chi connectivity index (χ3n) is 3.80. The average Bonchev–Trinajstić information content (AvgIpc) is 2.88. The van der Waals surface area contributed by atoms with Crippen LogP contribution in [0.2, 0.25) is 0 Å². The Hall–Kier alpha value is -0.980. The lowest BCUT2D eigenvalue weighted by molar-refractivity contribution is 0.253. The Morgan fingerprint density at radius 1 is 1.40 bits per heavy atom. The lowest BCUT2D eigenvalue weighted by Crippen LogP contribution is -2.29. The van der Waals surface area contributed by atoms with Crippen LogP contribution in [0.15, 0.2) is 24.4 Å². The van der Waals surface area contributed by atoms with Crippen LogP contribution >= 0.6 is 0 Å². The van der Waals surface area contributed by atoms with Gasteiger partial charge >= 0.3 is 0 Å². The fraction of sp³-hybridized carbons (Fsp3) is 0.643. The predicted molar refractivity (Wildman–Crippen MR) is 79.9 cm³/mol. The summed E-state index contributed by atoms with van der Waals surface area (Å²) >= 11 is 0. The molecule has 0 radical (unpaired) electrons. The second-order valence-corrected chi connectivity index (χ2v) is 7.70. The van der Waals surface area contributed by atoms with E-state index in [2.05, 4.69) is 16.0 Å².